The van der Waals surface area contributed by atoms with E-state index in [1.54, 1.807) is 18.2 Å². The third kappa shape index (κ3) is 2.98. The number of carbonyl (C=O) groups excluding carboxylic acids is 1. The maximum absolute atomic E-state index is 12.7. The average molecular weight is 344 g/mol. The Balaban J connectivity index is 1.69. The van der Waals surface area contributed by atoms with Gasteiger partial charge in [-0.05, 0) is 19.1 Å². The molecule has 3 rings (SSSR count). The molecule has 1 amide bonds. The lowest BCUT2D eigenvalue weighted by Crippen LogP contribution is -2.48. The van der Waals surface area contributed by atoms with E-state index in [0.29, 0.717) is 54.8 Å². The molecular formula is C16H19Cl2NO3. The first-order valence-electron chi connectivity index (χ1n) is 7.53. The van der Waals surface area contributed by atoms with Crippen molar-refractivity contribution < 1.29 is 14.3 Å². The number of piperidine rings is 1. The Morgan fingerprint density at radius 1 is 1.18 bits per heavy atom. The van der Waals surface area contributed by atoms with Crippen molar-refractivity contribution in [1.29, 1.82) is 0 Å². The van der Waals surface area contributed by atoms with Crippen LogP contribution in [0.1, 0.15) is 31.2 Å². The lowest BCUT2D eigenvalue weighted by atomic mass is 9.97. The molecule has 4 nitrogen and oxygen atoms in total. The van der Waals surface area contributed by atoms with Gasteiger partial charge in [-0.15, -0.1) is 0 Å². The number of rotatable bonds is 2. The van der Waals surface area contributed by atoms with E-state index in [2.05, 4.69) is 0 Å². The molecule has 2 aliphatic rings. The molecule has 0 radical (unpaired) electrons. The normalized spacial score (nSPS) is 22.0. The van der Waals surface area contributed by atoms with Crippen LogP contribution in [0.2, 0.25) is 10.0 Å². The van der Waals surface area contributed by atoms with Crippen molar-refractivity contribution in [3.63, 3.8) is 0 Å². The van der Waals surface area contributed by atoms with Crippen molar-refractivity contribution in [3.05, 3.63) is 33.8 Å². The van der Waals surface area contributed by atoms with Crippen molar-refractivity contribution in [2.24, 2.45) is 0 Å². The van der Waals surface area contributed by atoms with Crippen LogP contribution in [0.3, 0.4) is 0 Å². The monoisotopic (exact) mass is 343 g/mol. The van der Waals surface area contributed by atoms with Crippen LogP contribution in [0.15, 0.2) is 18.2 Å². The van der Waals surface area contributed by atoms with Gasteiger partial charge in [-0.3, -0.25) is 4.79 Å². The summed E-state index contributed by atoms with van der Waals surface area (Å²) in [6.07, 6.45) is 1.42. The highest BCUT2D eigenvalue weighted by Gasteiger charge is 2.41. The molecule has 0 saturated carbocycles. The fourth-order valence-electron chi connectivity index (χ4n) is 3.18. The Morgan fingerprint density at radius 3 is 2.27 bits per heavy atom. The first kappa shape index (κ1) is 16.1. The van der Waals surface area contributed by atoms with E-state index in [1.165, 1.54) is 0 Å². The Bertz CT molecular complexity index is 542. The predicted molar refractivity (Wildman–Crippen MR) is 85.3 cm³/mol. The highest BCUT2D eigenvalue weighted by Crippen LogP contribution is 2.35. The zero-order valence-corrected chi connectivity index (χ0v) is 14.0. The third-order valence-corrected chi connectivity index (χ3v) is 5.11. The summed E-state index contributed by atoms with van der Waals surface area (Å²) >= 11 is 12.4. The summed E-state index contributed by atoms with van der Waals surface area (Å²) in [4.78, 5) is 14.6. The van der Waals surface area contributed by atoms with Crippen LogP contribution in [0.5, 0.6) is 0 Å². The molecule has 1 unspecified atom stereocenters. The highest BCUT2D eigenvalue weighted by atomic mass is 35.5. The molecule has 2 aliphatic heterocycles. The molecule has 120 valence electrons. The molecule has 6 heteroatoms. The maximum Gasteiger partial charge on any atom is 0.229 e. The highest BCUT2D eigenvalue weighted by molar-refractivity contribution is 6.36. The number of hydrogen-bond acceptors (Lipinski definition) is 3. The van der Waals surface area contributed by atoms with Crippen LogP contribution in [0.25, 0.3) is 0 Å². The Labute approximate surface area is 140 Å². The SMILES string of the molecule is CC(C(=O)N1CCC2(CC1)OCCO2)c1c(Cl)cccc1Cl. The van der Waals surface area contributed by atoms with Gasteiger partial charge in [0.1, 0.15) is 0 Å². The van der Waals surface area contributed by atoms with Crippen LogP contribution < -0.4 is 0 Å². The Hall–Kier alpha value is -0.810. The number of nitrogens with zero attached hydrogens (tertiary/aromatic N) is 1. The molecule has 22 heavy (non-hydrogen) atoms. The lowest BCUT2D eigenvalue weighted by molar-refractivity contribution is -0.187. The van der Waals surface area contributed by atoms with Crippen LogP contribution >= 0.6 is 23.2 Å². The standard InChI is InChI=1S/C16H19Cl2NO3/c1-11(14-12(17)3-2-4-13(14)18)15(20)19-7-5-16(6-8-19)21-9-10-22-16/h2-4,11H,5-10H2,1H3. The smallest absolute Gasteiger partial charge is 0.229 e. The van der Waals surface area contributed by atoms with Crippen molar-refractivity contribution in [1.82, 2.24) is 4.90 Å². The second kappa shape index (κ2) is 6.36. The van der Waals surface area contributed by atoms with E-state index >= 15 is 0 Å². The predicted octanol–water partition coefficient (Wildman–Crippen LogP) is 3.46. The number of ether oxygens (including phenoxy) is 2. The van der Waals surface area contributed by atoms with Gasteiger partial charge in [-0.1, -0.05) is 29.3 Å². The molecule has 1 atom stereocenters. The summed E-state index contributed by atoms with van der Waals surface area (Å²) < 4.78 is 11.4. The van der Waals surface area contributed by atoms with E-state index < -0.39 is 5.79 Å². The lowest BCUT2D eigenvalue weighted by Gasteiger charge is -2.38. The number of carbonyl (C=O) groups is 1. The maximum atomic E-state index is 12.7. The minimum Gasteiger partial charge on any atom is -0.347 e. The van der Waals surface area contributed by atoms with Gasteiger partial charge >= 0.3 is 0 Å². The van der Waals surface area contributed by atoms with E-state index in [9.17, 15) is 4.79 Å². The summed E-state index contributed by atoms with van der Waals surface area (Å²) in [6, 6.07) is 5.31. The van der Waals surface area contributed by atoms with Crippen LogP contribution in [-0.4, -0.2) is 42.9 Å². The number of likely N-dealkylation sites (tertiary alicyclic amines) is 1. The van der Waals surface area contributed by atoms with E-state index in [4.69, 9.17) is 32.7 Å². The fourth-order valence-corrected chi connectivity index (χ4v) is 3.90. The first-order chi connectivity index (χ1) is 10.5. The first-order valence-corrected chi connectivity index (χ1v) is 8.29. The van der Waals surface area contributed by atoms with Gasteiger partial charge in [0.15, 0.2) is 5.79 Å². The number of hydrogen-bond donors (Lipinski definition) is 0. The van der Waals surface area contributed by atoms with E-state index in [1.807, 2.05) is 11.8 Å². The average Bonchev–Trinajstić information content (AvgIpc) is 2.95. The Morgan fingerprint density at radius 2 is 1.73 bits per heavy atom. The quantitative estimate of drug-likeness (QED) is 0.825. The van der Waals surface area contributed by atoms with Gasteiger partial charge in [0.05, 0.1) is 19.1 Å². The minimum absolute atomic E-state index is 0.0443. The summed E-state index contributed by atoms with van der Waals surface area (Å²) in [7, 11) is 0. The molecular weight excluding hydrogens is 325 g/mol. The summed E-state index contributed by atoms with van der Waals surface area (Å²) in [6.45, 7) is 4.39. The Kier molecular flexibility index (Phi) is 4.64. The molecule has 0 aliphatic carbocycles. The van der Waals surface area contributed by atoms with Gasteiger partial charge in [0.25, 0.3) is 0 Å². The molecule has 2 fully saturated rings. The van der Waals surface area contributed by atoms with Gasteiger partial charge in [0, 0.05) is 41.5 Å². The number of amides is 1. The molecule has 0 bridgehead atoms. The second-order valence-corrected chi connectivity index (χ2v) is 6.60. The second-order valence-electron chi connectivity index (χ2n) is 5.79. The summed E-state index contributed by atoms with van der Waals surface area (Å²) in [5, 5.41) is 1.06. The zero-order chi connectivity index (χ0) is 15.7. The molecule has 2 saturated heterocycles. The molecule has 1 spiro atoms. The zero-order valence-electron chi connectivity index (χ0n) is 12.5. The minimum atomic E-state index is -0.470. The van der Waals surface area contributed by atoms with Gasteiger partial charge in [-0.25, -0.2) is 0 Å². The van der Waals surface area contributed by atoms with Crippen molar-refractivity contribution >= 4 is 29.1 Å². The van der Waals surface area contributed by atoms with E-state index in [-0.39, 0.29) is 11.8 Å². The molecule has 0 N–H and O–H groups in total. The summed E-state index contributed by atoms with van der Waals surface area (Å²) in [5.41, 5.74) is 0.699. The van der Waals surface area contributed by atoms with Crippen molar-refractivity contribution in [2.45, 2.75) is 31.5 Å². The van der Waals surface area contributed by atoms with Crippen LogP contribution in [0.4, 0.5) is 0 Å². The molecule has 1 aromatic carbocycles. The molecule has 2 heterocycles. The third-order valence-electron chi connectivity index (χ3n) is 4.45. The van der Waals surface area contributed by atoms with Crippen molar-refractivity contribution in [2.75, 3.05) is 26.3 Å². The number of benzene rings is 1. The van der Waals surface area contributed by atoms with Crippen molar-refractivity contribution in [3.8, 4) is 0 Å². The molecule has 1 aromatic rings. The van der Waals surface area contributed by atoms with Crippen LogP contribution in [-0.2, 0) is 14.3 Å². The fraction of sp³-hybridized carbons (Fsp3) is 0.562. The molecule has 0 aromatic heterocycles. The van der Waals surface area contributed by atoms with Gasteiger partial charge in [0.2, 0.25) is 5.91 Å². The van der Waals surface area contributed by atoms with Crippen LogP contribution in [0, 0.1) is 0 Å². The van der Waals surface area contributed by atoms with Gasteiger partial charge < -0.3 is 14.4 Å². The van der Waals surface area contributed by atoms with Gasteiger partial charge in [-0.2, -0.15) is 0 Å². The largest absolute Gasteiger partial charge is 0.347 e. The van der Waals surface area contributed by atoms with E-state index in [0.717, 1.165) is 0 Å². The topological polar surface area (TPSA) is 38.8 Å². The number of halogens is 2. The summed E-state index contributed by atoms with van der Waals surface area (Å²) in [5.74, 6) is -0.786.